The Balaban J connectivity index is 2.35. The number of guanidine groups is 1. The Hall–Kier alpha value is -1.55. The van der Waals surface area contributed by atoms with Crippen LogP contribution in [0.25, 0.3) is 0 Å². The van der Waals surface area contributed by atoms with Gasteiger partial charge in [-0.05, 0) is 25.3 Å². The molecule has 0 aliphatic heterocycles. The van der Waals surface area contributed by atoms with Crippen LogP contribution in [-0.4, -0.2) is 30.7 Å². The summed E-state index contributed by atoms with van der Waals surface area (Å²) in [6, 6.07) is 9.73. The molecule has 0 saturated carbocycles. The van der Waals surface area contributed by atoms with E-state index in [1.165, 1.54) is 0 Å². The largest absolute Gasteiger partial charge is 0.388 e. The number of benzene rings is 1. The van der Waals surface area contributed by atoms with Crippen LogP contribution >= 0.6 is 0 Å². The molecular weight excluding hydrogens is 238 g/mol. The van der Waals surface area contributed by atoms with E-state index in [1.807, 2.05) is 37.3 Å². The molecule has 0 radical (unpaired) electrons. The van der Waals surface area contributed by atoms with E-state index in [0.29, 0.717) is 13.0 Å². The Morgan fingerprint density at radius 2 is 1.95 bits per heavy atom. The molecule has 1 rings (SSSR count). The highest BCUT2D eigenvalue weighted by Crippen LogP contribution is 2.14. The van der Waals surface area contributed by atoms with Crippen molar-refractivity contribution in [2.75, 3.05) is 19.6 Å². The van der Waals surface area contributed by atoms with Crippen molar-refractivity contribution in [1.82, 2.24) is 10.6 Å². The minimum Gasteiger partial charge on any atom is -0.388 e. The second-order valence-electron chi connectivity index (χ2n) is 4.40. The molecule has 1 unspecified atom stereocenters. The van der Waals surface area contributed by atoms with Crippen molar-refractivity contribution in [3.05, 3.63) is 35.9 Å². The van der Waals surface area contributed by atoms with Crippen LogP contribution in [0.15, 0.2) is 35.3 Å². The molecule has 0 saturated heterocycles. The molecule has 1 atom stereocenters. The van der Waals surface area contributed by atoms with Gasteiger partial charge in [0.1, 0.15) is 0 Å². The summed E-state index contributed by atoms with van der Waals surface area (Å²) in [5.41, 5.74) is 0.958. The van der Waals surface area contributed by atoms with Crippen LogP contribution in [0.3, 0.4) is 0 Å². The lowest BCUT2D eigenvalue weighted by Gasteiger charge is -2.14. The second-order valence-corrected chi connectivity index (χ2v) is 4.40. The maximum atomic E-state index is 10.0. The van der Waals surface area contributed by atoms with Crippen LogP contribution in [0.1, 0.15) is 38.4 Å². The molecule has 0 bridgehead atoms. The van der Waals surface area contributed by atoms with E-state index in [-0.39, 0.29) is 0 Å². The van der Waals surface area contributed by atoms with E-state index >= 15 is 0 Å². The number of aliphatic hydroxyl groups is 1. The fourth-order valence-electron chi connectivity index (χ4n) is 1.73. The van der Waals surface area contributed by atoms with Crippen LogP contribution in [0.2, 0.25) is 0 Å². The predicted molar refractivity (Wildman–Crippen MR) is 80.3 cm³/mol. The number of nitrogens with one attached hydrogen (secondary N) is 2. The first kappa shape index (κ1) is 15.5. The Labute approximate surface area is 116 Å². The first-order chi connectivity index (χ1) is 9.27. The molecule has 0 spiro atoms. The minimum absolute atomic E-state index is 0.428. The average molecular weight is 263 g/mol. The van der Waals surface area contributed by atoms with Crippen LogP contribution in [0.5, 0.6) is 0 Å². The van der Waals surface area contributed by atoms with E-state index in [1.54, 1.807) is 0 Å². The smallest absolute Gasteiger partial charge is 0.191 e. The van der Waals surface area contributed by atoms with Gasteiger partial charge in [0, 0.05) is 19.6 Å². The summed E-state index contributed by atoms with van der Waals surface area (Å²) in [4.78, 5) is 4.41. The highest BCUT2D eigenvalue weighted by atomic mass is 16.3. The van der Waals surface area contributed by atoms with Gasteiger partial charge in [-0.3, -0.25) is 4.99 Å². The highest BCUT2D eigenvalue weighted by Gasteiger charge is 2.06. The number of hydrogen-bond acceptors (Lipinski definition) is 2. The molecular formula is C15H25N3O. The molecule has 3 N–H and O–H groups in total. The van der Waals surface area contributed by atoms with Crippen molar-refractivity contribution in [3.63, 3.8) is 0 Å². The van der Waals surface area contributed by atoms with Crippen LogP contribution in [-0.2, 0) is 0 Å². The van der Waals surface area contributed by atoms with Crippen molar-refractivity contribution in [3.8, 4) is 0 Å². The van der Waals surface area contributed by atoms with E-state index in [0.717, 1.165) is 31.0 Å². The summed E-state index contributed by atoms with van der Waals surface area (Å²) >= 11 is 0. The molecule has 0 fully saturated rings. The summed E-state index contributed by atoms with van der Waals surface area (Å²) in [7, 11) is 0. The summed E-state index contributed by atoms with van der Waals surface area (Å²) in [5.74, 6) is 0.824. The van der Waals surface area contributed by atoms with Crippen molar-refractivity contribution in [2.45, 2.75) is 32.8 Å². The van der Waals surface area contributed by atoms with Crippen molar-refractivity contribution >= 4 is 5.96 Å². The van der Waals surface area contributed by atoms with Gasteiger partial charge in [-0.2, -0.15) is 0 Å². The fraction of sp³-hybridized carbons (Fsp3) is 0.533. The zero-order chi connectivity index (χ0) is 13.9. The third-order valence-corrected chi connectivity index (χ3v) is 2.73. The fourth-order valence-corrected chi connectivity index (χ4v) is 1.73. The molecule has 0 aromatic heterocycles. The van der Waals surface area contributed by atoms with Gasteiger partial charge in [0.15, 0.2) is 5.96 Å². The molecule has 19 heavy (non-hydrogen) atoms. The molecule has 4 heteroatoms. The Bertz CT molecular complexity index is 365. The second kappa shape index (κ2) is 9.39. The molecule has 106 valence electrons. The Morgan fingerprint density at radius 1 is 1.21 bits per heavy atom. The maximum Gasteiger partial charge on any atom is 0.191 e. The highest BCUT2D eigenvalue weighted by molar-refractivity contribution is 5.79. The van der Waals surface area contributed by atoms with Crippen molar-refractivity contribution < 1.29 is 5.11 Å². The monoisotopic (exact) mass is 263 g/mol. The van der Waals surface area contributed by atoms with Gasteiger partial charge >= 0.3 is 0 Å². The first-order valence-corrected chi connectivity index (χ1v) is 7.03. The molecule has 0 amide bonds. The molecule has 4 nitrogen and oxygen atoms in total. The SMILES string of the molecule is CCCN=C(NCC)NCCC(O)c1ccccc1. The van der Waals surface area contributed by atoms with Gasteiger partial charge in [0.25, 0.3) is 0 Å². The Morgan fingerprint density at radius 3 is 2.58 bits per heavy atom. The van der Waals surface area contributed by atoms with Crippen molar-refractivity contribution in [2.24, 2.45) is 4.99 Å². The number of hydrogen-bond donors (Lipinski definition) is 3. The van der Waals surface area contributed by atoms with Gasteiger partial charge in [-0.1, -0.05) is 37.3 Å². The van der Waals surface area contributed by atoms with E-state index in [9.17, 15) is 5.11 Å². The molecule has 1 aromatic carbocycles. The average Bonchev–Trinajstić information content (AvgIpc) is 2.45. The van der Waals surface area contributed by atoms with Gasteiger partial charge in [-0.25, -0.2) is 0 Å². The third kappa shape index (κ3) is 6.25. The lowest BCUT2D eigenvalue weighted by atomic mass is 10.1. The standard InChI is InChI=1S/C15H25N3O/c1-3-11-17-15(16-4-2)18-12-10-14(19)13-8-6-5-7-9-13/h5-9,14,19H,3-4,10-12H2,1-2H3,(H2,16,17,18). The van der Waals surface area contributed by atoms with Crippen LogP contribution in [0.4, 0.5) is 0 Å². The zero-order valence-corrected chi connectivity index (χ0v) is 11.9. The number of aliphatic imine (C=N–C) groups is 1. The summed E-state index contributed by atoms with van der Waals surface area (Å²) in [5, 5.41) is 16.5. The van der Waals surface area contributed by atoms with Gasteiger partial charge in [0.2, 0.25) is 0 Å². The number of aliphatic hydroxyl groups excluding tert-OH is 1. The number of nitrogens with zero attached hydrogens (tertiary/aromatic N) is 1. The minimum atomic E-state index is -0.428. The maximum absolute atomic E-state index is 10.0. The van der Waals surface area contributed by atoms with Crippen molar-refractivity contribution in [1.29, 1.82) is 0 Å². The lowest BCUT2D eigenvalue weighted by Crippen LogP contribution is -2.38. The van der Waals surface area contributed by atoms with Gasteiger partial charge in [0.05, 0.1) is 6.10 Å². The number of rotatable bonds is 7. The van der Waals surface area contributed by atoms with E-state index < -0.39 is 6.10 Å². The lowest BCUT2D eigenvalue weighted by molar-refractivity contribution is 0.168. The van der Waals surface area contributed by atoms with Gasteiger partial charge < -0.3 is 15.7 Å². The topological polar surface area (TPSA) is 56.7 Å². The van der Waals surface area contributed by atoms with E-state index in [2.05, 4.69) is 22.5 Å². The third-order valence-electron chi connectivity index (χ3n) is 2.73. The molecule has 1 aromatic rings. The summed E-state index contributed by atoms with van der Waals surface area (Å²) < 4.78 is 0. The molecule has 0 heterocycles. The summed E-state index contributed by atoms with van der Waals surface area (Å²) in [6.07, 6.45) is 1.27. The normalized spacial score (nSPS) is 13.1. The molecule has 0 aliphatic rings. The quantitative estimate of drug-likeness (QED) is 0.521. The van der Waals surface area contributed by atoms with E-state index in [4.69, 9.17) is 0 Å². The zero-order valence-electron chi connectivity index (χ0n) is 11.9. The van der Waals surface area contributed by atoms with Gasteiger partial charge in [-0.15, -0.1) is 0 Å². The summed E-state index contributed by atoms with van der Waals surface area (Å²) in [6.45, 7) is 6.51. The van der Waals surface area contributed by atoms with Crippen LogP contribution in [0, 0.1) is 0 Å². The predicted octanol–water partition coefficient (Wildman–Crippen LogP) is 2.08. The Kier molecular flexibility index (Phi) is 7.66. The van der Waals surface area contributed by atoms with Crippen LogP contribution < -0.4 is 10.6 Å². The molecule has 0 aliphatic carbocycles. The first-order valence-electron chi connectivity index (χ1n) is 7.03.